The van der Waals surface area contributed by atoms with Gasteiger partial charge in [-0.2, -0.15) is 13.2 Å². The number of anilines is 2. The molecule has 0 spiro atoms. The smallest absolute Gasteiger partial charge is 0.416 e. The van der Waals surface area contributed by atoms with Crippen LogP contribution in [0.2, 0.25) is 0 Å². The number of ether oxygens (including phenoxy) is 1. The molecule has 3 N–H and O–H groups in total. The lowest BCUT2D eigenvalue weighted by Crippen LogP contribution is -2.47. The highest BCUT2D eigenvalue weighted by Gasteiger charge is 2.35. The maximum absolute atomic E-state index is 13.1. The van der Waals surface area contributed by atoms with Crippen LogP contribution in [0.25, 0.3) is 5.70 Å². The van der Waals surface area contributed by atoms with Crippen LogP contribution in [-0.2, 0) is 17.5 Å². The molecule has 3 amide bonds. The summed E-state index contributed by atoms with van der Waals surface area (Å²) < 4.78 is 45.0. The van der Waals surface area contributed by atoms with Crippen molar-refractivity contribution in [2.45, 2.75) is 32.3 Å². The Bertz CT molecular complexity index is 1140. The van der Waals surface area contributed by atoms with Gasteiger partial charge in [0.2, 0.25) is 5.91 Å². The first-order valence-electron chi connectivity index (χ1n) is 9.79. The van der Waals surface area contributed by atoms with Gasteiger partial charge in [0.05, 0.1) is 16.9 Å². The lowest BCUT2D eigenvalue weighted by molar-refractivity contribution is -0.137. The van der Waals surface area contributed by atoms with E-state index in [0.717, 1.165) is 17.7 Å². The van der Waals surface area contributed by atoms with Gasteiger partial charge in [-0.1, -0.05) is 6.07 Å². The topological polar surface area (TPSA) is 82.7 Å². The highest BCUT2D eigenvalue weighted by molar-refractivity contribution is 6.06. The quantitative estimate of drug-likeness (QED) is 0.608. The van der Waals surface area contributed by atoms with Crippen molar-refractivity contribution in [1.82, 2.24) is 10.6 Å². The van der Waals surface area contributed by atoms with E-state index in [1.807, 2.05) is 0 Å². The third kappa shape index (κ3) is 4.08. The number of alkyl halides is 3. The molecule has 0 aliphatic carbocycles. The van der Waals surface area contributed by atoms with Crippen molar-refractivity contribution in [3.8, 4) is 5.75 Å². The molecular weight excluding hydrogens is 425 g/mol. The zero-order chi connectivity index (χ0) is 23.3. The van der Waals surface area contributed by atoms with E-state index in [1.54, 1.807) is 39.1 Å². The molecule has 0 aromatic heterocycles. The van der Waals surface area contributed by atoms with Crippen molar-refractivity contribution in [2.75, 3.05) is 17.3 Å². The van der Waals surface area contributed by atoms with Gasteiger partial charge in [0.15, 0.2) is 5.72 Å². The molecular formula is C22H21F3N4O3. The Labute approximate surface area is 182 Å². The number of urea groups is 1. The summed E-state index contributed by atoms with van der Waals surface area (Å²) in [5.41, 5.74) is 0.760. The van der Waals surface area contributed by atoms with Crippen molar-refractivity contribution in [2.24, 2.45) is 0 Å². The van der Waals surface area contributed by atoms with Crippen molar-refractivity contribution in [3.63, 3.8) is 0 Å². The van der Waals surface area contributed by atoms with Crippen LogP contribution in [0, 0.1) is 0 Å². The minimum atomic E-state index is -4.51. The molecule has 2 aromatic rings. The second kappa shape index (κ2) is 7.47. The van der Waals surface area contributed by atoms with E-state index < -0.39 is 23.4 Å². The summed E-state index contributed by atoms with van der Waals surface area (Å²) in [6, 6.07) is 8.11. The number of fused-ring (bicyclic) bond motifs is 2. The Morgan fingerprint density at radius 2 is 2.00 bits per heavy atom. The van der Waals surface area contributed by atoms with E-state index in [0.29, 0.717) is 22.6 Å². The third-order valence-electron chi connectivity index (χ3n) is 5.17. The number of nitrogens with zero attached hydrogens (tertiary/aromatic N) is 1. The summed E-state index contributed by atoms with van der Waals surface area (Å²) in [6.45, 7) is 3.55. The van der Waals surface area contributed by atoms with Crippen molar-refractivity contribution in [1.29, 1.82) is 0 Å². The molecule has 0 unspecified atom stereocenters. The van der Waals surface area contributed by atoms with Crippen LogP contribution in [0.5, 0.6) is 5.75 Å². The highest BCUT2D eigenvalue weighted by atomic mass is 19.4. The van der Waals surface area contributed by atoms with Gasteiger partial charge in [-0.3, -0.25) is 9.69 Å². The van der Waals surface area contributed by atoms with Crippen LogP contribution >= 0.6 is 0 Å². The summed E-state index contributed by atoms with van der Waals surface area (Å²) >= 11 is 0. The lowest BCUT2D eigenvalue weighted by atomic mass is 10.0. The fraction of sp³-hybridized carbons (Fsp3) is 0.273. The van der Waals surface area contributed by atoms with Gasteiger partial charge in [0.1, 0.15) is 5.75 Å². The fourth-order valence-electron chi connectivity index (χ4n) is 3.70. The zero-order valence-corrected chi connectivity index (χ0v) is 17.6. The standard InChI is InChI=1S/C22H21F3N4O3/c1-21(2)28-16(13-8-7-12(22(23,24)25)9-18(13)32-21)10-19(30)27-15-5-4-6-17-14(15)11-26-20(31)29(17)3/h4-10,28H,11H2,1-3H3,(H,26,31)(H,27,30)/b16-10-. The molecule has 0 radical (unpaired) electrons. The maximum atomic E-state index is 13.1. The molecule has 7 nitrogen and oxygen atoms in total. The van der Waals surface area contributed by atoms with E-state index in [2.05, 4.69) is 16.0 Å². The zero-order valence-electron chi connectivity index (χ0n) is 17.6. The van der Waals surface area contributed by atoms with Crippen LogP contribution in [0.1, 0.15) is 30.5 Å². The number of halogens is 3. The molecule has 2 aliphatic heterocycles. The number of hydrogen-bond donors (Lipinski definition) is 3. The molecule has 32 heavy (non-hydrogen) atoms. The van der Waals surface area contributed by atoms with Crippen LogP contribution in [-0.4, -0.2) is 24.7 Å². The molecule has 2 aromatic carbocycles. The predicted octanol–water partition coefficient (Wildman–Crippen LogP) is 4.06. The Hall–Kier alpha value is -3.69. The maximum Gasteiger partial charge on any atom is 0.416 e. The van der Waals surface area contributed by atoms with Gasteiger partial charge in [0, 0.05) is 36.5 Å². The molecule has 0 atom stereocenters. The second-order valence-corrected chi connectivity index (χ2v) is 8.01. The van der Waals surface area contributed by atoms with E-state index >= 15 is 0 Å². The summed E-state index contributed by atoms with van der Waals surface area (Å²) in [4.78, 5) is 26.1. The Morgan fingerprint density at radius 3 is 2.72 bits per heavy atom. The lowest BCUT2D eigenvalue weighted by Gasteiger charge is -2.36. The number of benzene rings is 2. The van der Waals surface area contributed by atoms with Gasteiger partial charge in [-0.25, -0.2) is 4.79 Å². The number of carbonyl (C=O) groups is 2. The molecule has 0 saturated heterocycles. The van der Waals surface area contributed by atoms with Gasteiger partial charge in [0.25, 0.3) is 0 Å². The average molecular weight is 446 g/mol. The highest BCUT2D eigenvalue weighted by Crippen LogP contribution is 2.39. The van der Waals surface area contributed by atoms with Crippen LogP contribution < -0.4 is 25.6 Å². The Morgan fingerprint density at radius 1 is 1.25 bits per heavy atom. The second-order valence-electron chi connectivity index (χ2n) is 8.01. The Kier molecular flexibility index (Phi) is 5.03. The van der Waals surface area contributed by atoms with Crippen LogP contribution in [0.15, 0.2) is 42.5 Å². The molecule has 2 heterocycles. The summed E-state index contributed by atoms with van der Waals surface area (Å²) in [6.07, 6.45) is -3.23. The SMILES string of the molecule is CN1C(=O)NCc2c(NC(=O)/C=C3\NC(C)(C)Oc4cc(C(F)(F)F)ccc43)cccc21. The number of amides is 3. The van der Waals surface area contributed by atoms with Crippen molar-refractivity contribution in [3.05, 3.63) is 59.2 Å². The molecule has 0 fully saturated rings. The monoisotopic (exact) mass is 446 g/mol. The van der Waals surface area contributed by atoms with Gasteiger partial charge < -0.3 is 20.7 Å². The van der Waals surface area contributed by atoms with E-state index in [4.69, 9.17) is 4.74 Å². The fourth-order valence-corrected chi connectivity index (χ4v) is 3.70. The molecule has 0 bridgehead atoms. The van der Waals surface area contributed by atoms with Crippen LogP contribution in [0.4, 0.5) is 29.3 Å². The summed E-state index contributed by atoms with van der Waals surface area (Å²) in [5, 5.41) is 8.55. The summed E-state index contributed by atoms with van der Waals surface area (Å²) in [7, 11) is 1.63. The normalized spacial score (nSPS) is 18.1. The van der Waals surface area contributed by atoms with E-state index in [9.17, 15) is 22.8 Å². The van der Waals surface area contributed by atoms with Gasteiger partial charge >= 0.3 is 12.2 Å². The molecule has 10 heteroatoms. The number of hydrogen-bond acceptors (Lipinski definition) is 4. The first-order chi connectivity index (χ1) is 14.9. The molecule has 4 rings (SSSR count). The first kappa shape index (κ1) is 21.5. The number of carbonyl (C=O) groups excluding carboxylic acids is 2. The third-order valence-corrected chi connectivity index (χ3v) is 5.17. The number of rotatable bonds is 2. The van der Waals surface area contributed by atoms with E-state index in [-0.39, 0.29) is 18.3 Å². The summed E-state index contributed by atoms with van der Waals surface area (Å²) in [5.74, 6) is -0.451. The van der Waals surface area contributed by atoms with Gasteiger partial charge in [-0.05, 0) is 44.2 Å². The average Bonchev–Trinajstić information content (AvgIpc) is 2.69. The molecule has 2 aliphatic rings. The van der Waals surface area contributed by atoms with Gasteiger partial charge in [-0.15, -0.1) is 0 Å². The van der Waals surface area contributed by atoms with Crippen molar-refractivity contribution >= 4 is 29.0 Å². The van der Waals surface area contributed by atoms with Crippen molar-refractivity contribution < 1.29 is 27.5 Å². The largest absolute Gasteiger partial charge is 0.468 e. The predicted molar refractivity (Wildman–Crippen MR) is 113 cm³/mol. The minimum absolute atomic E-state index is 0.0315. The van der Waals surface area contributed by atoms with Crippen LogP contribution in [0.3, 0.4) is 0 Å². The molecule has 168 valence electrons. The first-order valence-corrected chi connectivity index (χ1v) is 9.79. The Balaban J connectivity index is 1.65. The molecule has 0 saturated carbocycles. The van der Waals surface area contributed by atoms with E-state index in [1.165, 1.54) is 17.0 Å². The minimum Gasteiger partial charge on any atom is -0.468 e. The number of nitrogens with one attached hydrogen (secondary N) is 3.